The Morgan fingerprint density at radius 1 is 0.952 bits per heavy atom. The number of piperidine rings is 2. The number of hydrogen-bond donors (Lipinski definition) is 1. The first-order valence-corrected chi connectivity index (χ1v) is 7.44. The summed E-state index contributed by atoms with van der Waals surface area (Å²) in [5, 5.41) is 9.27. The van der Waals surface area contributed by atoms with Gasteiger partial charge in [-0.2, -0.15) is 0 Å². The first kappa shape index (κ1) is 15.6. The van der Waals surface area contributed by atoms with Crippen molar-refractivity contribution in [3.05, 3.63) is 0 Å². The molecule has 2 atom stereocenters. The van der Waals surface area contributed by atoms with Crippen molar-refractivity contribution in [2.45, 2.75) is 50.6 Å². The van der Waals surface area contributed by atoms with Crippen LogP contribution < -0.4 is 0 Å². The Bertz CT molecular complexity index is 426. The molecule has 0 aliphatic carbocycles. The Hall–Kier alpha value is -1.79. The minimum absolute atomic E-state index is 0.350. The number of esters is 1. The number of carboxylic acids is 1. The van der Waals surface area contributed by atoms with Crippen LogP contribution in [0.2, 0.25) is 0 Å². The van der Waals surface area contributed by atoms with Crippen LogP contribution >= 0.6 is 0 Å². The molecule has 2 fully saturated rings. The van der Waals surface area contributed by atoms with Gasteiger partial charge in [-0.15, -0.1) is 0 Å². The van der Waals surface area contributed by atoms with Crippen LogP contribution in [0.1, 0.15) is 38.5 Å². The molecule has 118 valence electrons. The topological polar surface area (TPSA) is 87.2 Å². The van der Waals surface area contributed by atoms with Crippen LogP contribution in [0.5, 0.6) is 0 Å². The summed E-state index contributed by atoms with van der Waals surface area (Å²) in [5.41, 5.74) is 0. The normalized spacial score (nSPS) is 26.3. The lowest BCUT2D eigenvalue weighted by molar-refractivity contribution is -0.147. The number of urea groups is 1. The van der Waals surface area contributed by atoms with Gasteiger partial charge in [0, 0.05) is 13.1 Å². The van der Waals surface area contributed by atoms with E-state index in [9.17, 15) is 19.5 Å². The van der Waals surface area contributed by atoms with Crippen LogP contribution in [-0.4, -0.2) is 65.2 Å². The fraction of sp³-hybridized carbons (Fsp3) is 0.786. The Morgan fingerprint density at radius 2 is 1.48 bits per heavy atom. The third kappa shape index (κ3) is 3.28. The molecule has 2 rings (SSSR count). The summed E-state index contributed by atoms with van der Waals surface area (Å²) in [5.74, 6) is -1.40. The lowest BCUT2D eigenvalue weighted by Gasteiger charge is -2.41. The van der Waals surface area contributed by atoms with Crippen LogP contribution in [0.4, 0.5) is 4.79 Å². The van der Waals surface area contributed by atoms with Gasteiger partial charge in [0.2, 0.25) is 0 Å². The standard InChI is InChI=1S/C14H22N2O5/c1-21-13(19)11-7-3-5-9-16(11)14(20)15-8-4-2-6-10(15)12(17)18/h10-11H,2-9H2,1H3,(H,17,18). The summed E-state index contributed by atoms with van der Waals surface area (Å²) in [4.78, 5) is 38.7. The molecule has 2 saturated heterocycles. The number of carbonyl (C=O) groups excluding carboxylic acids is 2. The summed E-state index contributed by atoms with van der Waals surface area (Å²) < 4.78 is 4.76. The highest BCUT2D eigenvalue weighted by Gasteiger charge is 2.39. The van der Waals surface area contributed by atoms with Crippen LogP contribution in [-0.2, 0) is 14.3 Å². The van der Waals surface area contributed by atoms with E-state index in [1.165, 1.54) is 16.9 Å². The zero-order chi connectivity index (χ0) is 15.4. The van der Waals surface area contributed by atoms with E-state index in [2.05, 4.69) is 0 Å². The summed E-state index contributed by atoms with van der Waals surface area (Å²) in [6.45, 7) is 0.904. The van der Waals surface area contributed by atoms with Crippen molar-refractivity contribution in [2.75, 3.05) is 20.2 Å². The first-order valence-electron chi connectivity index (χ1n) is 7.44. The minimum Gasteiger partial charge on any atom is -0.480 e. The Balaban J connectivity index is 2.15. The van der Waals surface area contributed by atoms with Gasteiger partial charge in [-0.1, -0.05) is 0 Å². The second-order valence-corrected chi connectivity index (χ2v) is 5.55. The molecule has 7 nitrogen and oxygen atoms in total. The molecule has 0 bridgehead atoms. The molecule has 2 aliphatic heterocycles. The van der Waals surface area contributed by atoms with Gasteiger partial charge < -0.3 is 19.6 Å². The number of hydrogen-bond acceptors (Lipinski definition) is 4. The number of aliphatic carboxylic acids is 1. The predicted molar refractivity (Wildman–Crippen MR) is 73.7 cm³/mol. The lowest BCUT2D eigenvalue weighted by atomic mass is 10.0. The average Bonchev–Trinajstić information content (AvgIpc) is 2.53. The Kier molecular flexibility index (Phi) is 5.03. The predicted octanol–water partition coefficient (Wildman–Crippen LogP) is 1.07. The molecule has 0 spiro atoms. The molecule has 7 heteroatoms. The molecule has 0 radical (unpaired) electrons. The molecule has 2 aliphatic rings. The monoisotopic (exact) mass is 298 g/mol. The highest BCUT2D eigenvalue weighted by atomic mass is 16.5. The number of likely N-dealkylation sites (tertiary alicyclic amines) is 2. The largest absolute Gasteiger partial charge is 0.480 e. The SMILES string of the molecule is COC(=O)C1CCCCN1C(=O)N1CCCCC1C(=O)O. The van der Waals surface area contributed by atoms with Gasteiger partial charge >= 0.3 is 18.0 Å². The van der Waals surface area contributed by atoms with Gasteiger partial charge in [0.1, 0.15) is 12.1 Å². The molecule has 0 aromatic rings. The molecule has 2 amide bonds. The van der Waals surface area contributed by atoms with Crippen LogP contribution in [0.25, 0.3) is 0 Å². The maximum atomic E-state index is 12.7. The van der Waals surface area contributed by atoms with Crippen molar-refractivity contribution in [2.24, 2.45) is 0 Å². The van der Waals surface area contributed by atoms with Gasteiger partial charge in [0.15, 0.2) is 0 Å². The number of ether oxygens (including phenoxy) is 1. The van der Waals surface area contributed by atoms with E-state index in [1.807, 2.05) is 0 Å². The lowest BCUT2D eigenvalue weighted by Crippen LogP contribution is -2.58. The number of carbonyl (C=O) groups is 3. The number of methoxy groups -OCH3 is 1. The van der Waals surface area contributed by atoms with Crippen molar-refractivity contribution in [1.82, 2.24) is 9.80 Å². The van der Waals surface area contributed by atoms with Crippen LogP contribution in [0.15, 0.2) is 0 Å². The molecule has 1 N–H and O–H groups in total. The molecule has 0 aromatic heterocycles. The summed E-state index contributed by atoms with van der Waals surface area (Å²) in [7, 11) is 1.31. The van der Waals surface area contributed by atoms with Crippen molar-refractivity contribution >= 4 is 18.0 Å². The smallest absolute Gasteiger partial charge is 0.328 e. The van der Waals surface area contributed by atoms with Crippen molar-refractivity contribution < 1.29 is 24.2 Å². The number of amides is 2. The van der Waals surface area contributed by atoms with Gasteiger partial charge in [0.25, 0.3) is 0 Å². The fourth-order valence-electron chi connectivity index (χ4n) is 3.12. The molecular weight excluding hydrogens is 276 g/mol. The molecule has 2 unspecified atom stereocenters. The van der Waals surface area contributed by atoms with Crippen LogP contribution in [0, 0.1) is 0 Å². The molecule has 0 aromatic carbocycles. The van der Waals surface area contributed by atoms with Crippen molar-refractivity contribution in [1.29, 1.82) is 0 Å². The van der Waals surface area contributed by atoms with Gasteiger partial charge in [0.05, 0.1) is 7.11 Å². The van der Waals surface area contributed by atoms with Gasteiger partial charge in [-0.25, -0.2) is 14.4 Å². The first-order chi connectivity index (χ1) is 10.1. The minimum atomic E-state index is -0.977. The van der Waals surface area contributed by atoms with E-state index in [1.54, 1.807) is 0 Å². The van der Waals surface area contributed by atoms with Gasteiger partial charge in [-0.05, 0) is 38.5 Å². The van der Waals surface area contributed by atoms with Crippen molar-refractivity contribution in [3.8, 4) is 0 Å². The van der Waals surface area contributed by atoms with E-state index in [-0.39, 0.29) is 6.03 Å². The zero-order valence-electron chi connectivity index (χ0n) is 12.3. The van der Waals surface area contributed by atoms with Gasteiger partial charge in [-0.3, -0.25) is 0 Å². The quantitative estimate of drug-likeness (QED) is 0.771. The Labute approximate surface area is 123 Å². The van der Waals surface area contributed by atoms with Crippen LogP contribution in [0.3, 0.4) is 0 Å². The molecule has 0 saturated carbocycles. The summed E-state index contributed by atoms with van der Waals surface area (Å²) >= 11 is 0. The highest BCUT2D eigenvalue weighted by molar-refractivity contribution is 5.87. The number of carboxylic acid groups (broad SMARTS) is 1. The van der Waals surface area contributed by atoms with E-state index in [0.717, 1.165) is 25.7 Å². The maximum Gasteiger partial charge on any atom is 0.328 e. The van der Waals surface area contributed by atoms with E-state index < -0.39 is 24.0 Å². The molecule has 2 heterocycles. The average molecular weight is 298 g/mol. The number of rotatable bonds is 2. The second-order valence-electron chi connectivity index (χ2n) is 5.55. The van der Waals surface area contributed by atoms with E-state index in [0.29, 0.717) is 25.9 Å². The molecular formula is C14H22N2O5. The third-order valence-corrected chi connectivity index (χ3v) is 4.26. The highest BCUT2D eigenvalue weighted by Crippen LogP contribution is 2.24. The summed E-state index contributed by atoms with van der Waals surface area (Å²) in [6, 6.07) is -1.73. The zero-order valence-corrected chi connectivity index (χ0v) is 12.3. The van der Waals surface area contributed by atoms with E-state index in [4.69, 9.17) is 4.74 Å². The fourth-order valence-corrected chi connectivity index (χ4v) is 3.12. The molecule has 21 heavy (non-hydrogen) atoms. The maximum absolute atomic E-state index is 12.7. The summed E-state index contributed by atoms with van der Waals surface area (Å²) in [6.07, 6.45) is 4.34. The second kappa shape index (κ2) is 6.78. The third-order valence-electron chi connectivity index (χ3n) is 4.26. The Morgan fingerprint density at radius 3 is 2.00 bits per heavy atom. The van der Waals surface area contributed by atoms with E-state index >= 15 is 0 Å². The van der Waals surface area contributed by atoms with Crippen molar-refractivity contribution in [3.63, 3.8) is 0 Å². The number of nitrogens with zero attached hydrogens (tertiary/aromatic N) is 2.